The summed E-state index contributed by atoms with van der Waals surface area (Å²) in [6.45, 7) is 2.46. The summed E-state index contributed by atoms with van der Waals surface area (Å²) in [5.74, 6) is 1.48. The van der Waals surface area contributed by atoms with Crippen LogP contribution in [0.1, 0.15) is 22.8 Å². The molecule has 3 rings (SSSR count). The van der Waals surface area contributed by atoms with Crippen LogP contribution in [0.15, 0.2) is 48.2 Å². The Kier molecular flexibility index (Phi) is 3.36. The van der Waals surface area contributed by atoms with Gasteiger partial charge in [0.05, 0.1) is 12.2 Å². The van der Waals surface area contributed by atoms with Gasteiger partial charge in [0.15, 0.2) is 5.76 Å². The minimum absolute atomic E-state index is 0.152. The third kappa shape index (κ3) is 2.60. The van der Waals surface area contributed by atoms with Crippen LogP contribution < -0.4 is 9.47 Å². The third-order valence-electron chi connectivity index (χ3n) is 3.14. The number of ether oxygens (including phenoxy) is 2. The fraction of sp³-hybridized carbons (Fsp3) is 0.118. The maximum absolute atomic E-state index is 12.3. The van der Waals surface area contributed by atoms with Gasteiger partial charge in [-0.3, -0.25) is 4.79 Å². The largest absolute Gasteiger partial charge is 0.508 e. The average molecular weight is 282 g/mol. The Labute approximate surface area is 122 Å². The molecule has 0 amide bonds. The number of carbonyl (C=O) groups is 1. The molecule has 0 saturated heterocycles. The first-order chi connectivity index (χ1) is 10.2. The molecule has 0 aliphatic carbocycles. The van der Waals surface area contributed by atoms with E-state index in [1.165, 1.54) is 0 Å². The van der Waals surface area contributed by atoms with E-state index >= 15 is 0 Å². The first-order valence-corrected chi connectivity index (χ1v) is 6.67. The van der Waals surface area contributed by atoms with Gasteiger partial charge in [0.2, 0.25) is 5.78 Å². The van der Waals surface area contributed by atoms with E-state index in [1.807, 2.05) is 6.92 Å². The van der Waals surface area contributed by atoms with Gasteiger partial charge >= 0.3 is 0 Å². The number of fused-ring (bicyclic) bond motifs is 1. The molecule has 0 bridgehead atoms. The van der Waals surface area contributed by atoms with E-state index in [-0.39, 0.29) is 17.3 Å². The van der Waals surface area contributed by atoms with Gasteiger partial charge < -0.3 is 14.6 Å². The summed E-state index contributed by atoms with van der Waals surface area (Å²) in [7, 11) is 0. The summed E-state index contributed by atoms with van der Waals surface area (Å²) in [5.41, 5.74) is 1.32. The van der Waals surface area contributed by atoms with Crippen molar-refractivity contribution in [3.63, 3.8) is 0 Å². The van der Waals surface area contributed by atoms with Crippen molar-refractivity contribution < 1.29 is 19.4 Å². The lowest BCUT2D eigenvalue weighted by Crippen LogP contribution is -1.97. The number of aromatic hydroxyl groups is 1. The molecule has 0 saturated carbocycles. The van der Waals surface area contributed by atoms with E-state index in [2.05, 4.69) is 0 Å². The summed E-state index contributed by atoms with van der Waals surface area (Å²) in [6.07, 6.45) is 1.65. The highest BCUT2D eigenvalue weighted by Gasteiger charge is 2.27. The molecule has 2 aromatic carbocycles. The first kappa shape index (κ1) is 13.2. The molecule has 0 spiro atoms. The summed E-state index contributed by atoms with van der Waals surface area (Å²) >= 11 is 0. The molecule has 0 fully saturated rings. The van der Waals surface area contributed by atoms with Gasteiger partial charge in [0, 0.05) is 6.07 Å². The zero-order chi connectivity index (χ0) is 14.8. The van der Waals surface area contributed by atoms with Crippen molar-refractivity contribution in [2.45, 2.75) is 6.92 Å². The minimum Gasteiger partial charge on any atom is -0.508 e. The Bertz CT molecular complexity index is 714. The molecule has 1 aliphatic rings. The van der Waals surface area contributed by atoms with Gasteiger partial charge in [0.25, 0.3) is 0 Å². The second-order valence-electron chi connectivity index (χ2n) is 4.62. The van der Waals surface area contributed by atoms with E-state index < -0.39 is 0 Å². The maximum atomic E-state index is 12.3. The van der Waals surface area contributed by atoms with Crippen molar-refractivity contribution in [3.05, 3.63) is 59.4 Å². The highest BCUT2D eigenvalue weighted by molar-refractivity contribution is 6.14. The number of carbonyl (C=O) groups excluding carboxylic acids is 1. The van der Waals surface area contributed by atoms with Gasteiger partial charge in [-0.25, -0.2) is 0 Å². The number of hydrogen-bond donors (Lipinski definition) is 1. The Morgan fingerprint density at radius 3 is 2.67 bits per heavy atom. The lowest BCUT2D eigenvalue weighted by molar-refractivity contribution is 0.101. The second kappa shape index (κ2) is 5.32. The quantitative estimate of drug-likeness (QED) is 0.876. The maximum Gasteiger partial charge on any atom is 0.231 e. The summed E-state index contributed by atoms with van der Waals surface area (Å²) in [6, 6.07) is 11.7. The number of phenolic OH excluding ortho intramolecular Hbond substituents is 1. The molecule has 1 heterocycles. The summed E-state index contributed by atoms with van der Waals surface area (Å²) in [5, 5.41) is 9.26. The molecule has 0 radical (unpaired) electrons. The van der Waals surface area contributed by atoms with Crippen LogP contribution in [-0.2, 0) is 0 Å². The zero-order valence-electron chi connectivity index (χ0n) is 11.5. The van der Waals surface area contributed by atoms with Crippen LogP contribution in [-0.4, -0.2) is 17.5 Å². The third-order valence-corrected chi connectivity index (χ3v) is 3.14. The Morgan fingerprint density at radius 1 is 1.19 bits per heavy atom. The monoisotopic (exact) mass is 282 g/mol. The van der Waals surface area contributed by atoms with Crippen molar-refractivity contribution in [2.75, 3.05) is 6.61 Å². The van der Waals surface area contributed by atoms with Gasteiger partial charge in [0.1, 0.15) is 17.2 Å². The van der Waals surface area contributed by atoms with E-state index in [0.29, 0.717) is 23.7 Å². The van der Waals surface area contributed by atoms with Gasteiger partial charge in [-0.2, -0.15) is 0 Å². The van der Waals surface area contributed by atoms with Gasteiger partial charge in [-0.15, -0.1) is 0 Å². The number of rotatable bonds is 3. The minimum atomic E-state index is -0.152. The number of Topliss-reactive ketones (excluding diaryl/α,β-unsaturated/α-hetero) is 1. The number of benzene rings is 2. The van der Waals surface area contributed by atoms with Gasteiger partial charge in [-0.1, -0.05) is 12.1 Å². The second-order valence-corrected chi connectivity index (χ2v) is 4.62. The average Bonchev–Trinajstić information content (AvgIpc) is 2.78. The number of phenols is 1. The van der Waals surface area contributed by atoms with E-state index in [1.54, 1.807) is 48.5 Å². The van der Waals surface area contributed by atoms with Crippen LogP contribution in [0.2, 0.25) is 0 Å². The predicted octanol–water partition coefficient (Wildman–Crippen LogP) is 3.41. The van der Waals surface area contributed by atoms with Crippen LogP contribution in [0.5, 0.6) is 17.2 Å². The Morgan fingerprint density at radius 2 is 1.95 bits per heavy atom. The van der Waals surface area contributed by atoms with Crippen LogP contribution in [0, 0.1) is 0 Å². The van der Waals surface area contributed by atoms with Crippen molar-refractivity contribution in [1.29, 1.82) is 0 Å². The molecular formula is C17H14O4. The first-order valence-electron chi connectivity index (χ1n) is 6.67. The van der Waals surface area contributed by atoms with Crippen LogP contribution >= 0.6 is 0 Å². The standard InChI is InChI=1S/C17H14O4/c1-2-20-13-7-8-14-15(10-13)21-16(17(14)19)9-11-3-5-12(18)6-4-11/h3-10,18H,2H2,1H3/b16-9+. The molecular weight excluding hydrogens is 268 g/mol. The molecule has 0 aromatic heterocycles. The van der Waals surface area contributed by atoms with Crippen molar-refractivity contribution in [1.82, 2.24) is 0 Å². The molecule has 1 aliphatic heterocycles. The van der Waals surface area contributed by atoms with Crippen LogP contribution in [0.3, 0.4) is 0 Å². The lowest BCUT2D eigenvalue weighted by atomic mass is 10.1. The van der Waals surface area contributed by atoms with E-state index in [4.69, 9.17) is 9.47 Å². The number of hydrogen-bond acceptors (Lipinski definition) is 4. The smallest absolute Gasteiger partial charge is 0.231 e. The van der Waals surface area contributed by atoms with Gasteiger partial charge in [-0.05, 0) is 42.8 Å². The van der Waals surface area contributed by atoms with Crippen LogP contribution in [0.25, 0.3) is 6.08 Å². The topological polar surface area (TPSA) is 55.8 Å². The summed E-state index contributed by atoms with van der Waals surface area (Å²) in [4.78, 5) is 12.3. The van der Waals surface area contributed by atoms with Crippen molar-refractivity contribution >= 4 is 11.9 Å². The fourth-order valence-corrected chi connectivity index (χ4v) is 2.15. The molecule has 0 atom stereocenters. The molecule has 21 heavy (non-hydrogen) atoms. The molecule has 1 N–H and O–H groups in total. The molecule has 4 nitrogen and oxygen atoms in total. The molecule has 0 unspecified atom stereocenters. The van der Waals surface area contributed by atoms with Crippen LogP contribution in [0.4, 0.5) is 0 Å². The van der Waals surface area contributed by atoms with Crippen molar-refractivity contribution in [2.24, 2.45) is 0 Å². The van der Waals surface area contributed by atoms with E-state index in [9.17, 15) is 9.90 Å². The normalized spacial score (nSPS) is 14.9. The highest BCUT2D eigenvalue weighted by atomic mass is 16.5. The number of allylic oxidation sites excluding steroid dienone is 1. The zero-order valence-corrected chi connectivity index (χ0v) is 11.5. The Hall–Kier alpha value is -2.75. The fourth-order valence-electron chi connectivity index (χ4n) is 2.15. The van der Waals surface area contributed by atoms with E-state index in [0.717, 1.165) is 5.56 Å². The molecule has 106 valence electrons. The number of ketones is 1. The molecule has 4 heteroatoms. The SMILES string of the molecule is CCOc1ccc2c(c1)O/C(=C/c1ccc(O)cc1)C2=O. The predicted molar refractivity (Wildman–Crippen MR) is 78.7 cm³/mol. The Balaban J connectivity index is 1.90. The summed E-state index contributed by atoms with van der Waals surface area (Å²) < 4.78 is 11.0. The van der Waals surface area contributed by atoms with Crippen molar-refractivity contribution in [3.8, 4) is 17.2 Å². The molecule has 2 aromatic rings. The highest BCUT2D eigenvalue weighted by Crippen LogP contribution is 2.34. The lowest BCUT2D eigenvalue weighted by Gasteiger charge is -2.03.